The molecule has 0 saturated carbocycles. The van der Waals surface area contributed by atoms with Crippen LogP contribution in [0.5, 0.6) is 0 Å². The number of hydrogen-bond donors (Lipinski definition) is 0. The van der Waals surface area contributed by atoms with Crippen LogP contribution < -0.4 is 0 Å². The summed E-state index contributed by atoms with van der Waals surface area (Å²) in [6, 6.07) is 19.7. The minimum atomic E-state index is 0. The quantitative estimate of drug-likeness (QED) is 0.486. The molecule has 0 fully saturated rings. The molecule has 0 N–H and O–H groups in total. The molecule has 0 bridgehead atoms. The van der Waals surface area contributed by atoms with Crippen LogP contribution in [0, 0.1) is 13.8 Å². The van der Waals surface area contributed by atoms with Gasteiger partial charge in [-0.2, -0.15) is 49.2 Å². The van der Waals surface area contributed by atoms with Crippen LogP contribution >= 0.6 is 0 Å². The first-order valence-corrected chi connectivity index (χ1v) is 4.53. The van der Waals surface area contributed by atoms with Gasteiger partial charge in [0.25, 0.3) is 0 Å². The van der Waals surface area contributed by atoms with Crippen LogP contribution in [0.3, 0.4) is 0 Å². The van der Waals surface area contributed by atoms with E-state index < -0.39 is 0 Å². The maximum absolute atomic E-state index is 3.72. The zero-order chi connectivity index (χ0) is 10.2. The first-order valence-electron chi connectivity index (χ1n) is 4.53. The predicted octanol–water partition coefficient (Wildman–Crippen LogP) is 3.74. The van der Waals surface area contributed by atoms with Crippen molar-refractivity contribution >= 4 is 0 Å². The van der Waals surface area contributed by atoms with Crippen LogP contribution in [0.2, 0.25) is 0 Å². The van der Waals surface area contributed by atoms with Gasteiger partial charge in [0.1, 0.15) is 0 Å². The SMILES string of the molecule is [CH2-]c1ccccc1.[CH2-]c1ccccc1.[Ni+2]. The van der Waals surface area contributed by atoms with E-state index in [1.54, 1.807) is 0 Å². The molecule has 0 aliphatic rings. The van der Waals surface area contributed by atoms with Gasteiger partial charge in [0.05, 0.1) is 0 Å². The Morgan fingerprint density at radius 3 is 0.933 bits per heavy atom. The third-order valence-electron chi connectivity index (χ3n) is 1.69. The van der Waals surface area contributed by atoms with E-state index in [0.717, 1.165) is 11.1 Å². The summed E-state index contributed by atoms with van der Waals surface area (Å²) in [5, 5.41) is 0. The van der Waals surface area contributed by atoms with E-state index in [9.17, 15) is 0 Å². The van der Waals surface area contributed by atoms with Crippen LogP contribution in [-0.2, 0) is 16.5 Å². The van der Waals surface area contributed by atoms with Gasteiger partial charge in [-0.05, 0) is 0 Å². The zero-order valence-corrected chi connectivity index (χ0v) is 9.49. The fourth-order valence-corrected chi connectivity index (χ4v) is 0.956. The van der Waals surface area contributed by atoms with Gasteiger partial charge in [0.15, 0.2) is 0 Å². The second-order valence-electron chi connectivity index (χ2n) is 2.97. The smallest absolute Gasteiger partial charge is 0.199 e. The van der Waals surface area contributed by atoms with Crippen LogP contribution in [0.4, 0.5) is 0 Å². The Morgan fingerprint density at radius 2 is 0.800 bits per heavy atom. The van der Waals surface area contributed by atoms with Crippen molar-refractivity contribution < 1.29 is 16.5 Å². The van der Waals surface area contributed by atoms with Gasteiger partial charge in [0, 0.05) is 0 Å². The van der Waals surface area contributed by atoms with Crippen LogP contribution in [-0.4, -0.2) is 0 Å². The predicted molar refractivity (Wildman–Crippen MR) is 61.8 cm³/mol. The van der Waals surface area contributed by atoms with Gasteiger partial charge in [0.2, 0.25) is 0 Å². The summed E-state index contributed by atoms with van der Waals surface area (Å²) >= 11 is 0. The Balaban J connectivity index is 0.000000245. The second-order valence-corrected chi connectivity index (χ2v) is 2.97. The molecule has 0 unspecified atom stereocenters. The zero-order valence-electron chi connectivity index (χ0n) is 8.50. The summed E-state index contributed by atoms with van der Waals surface area (Å²) in [7, 11) is 0. The number of rotatable bonds is 0. The van der Waals surface area contributed by atoms with Gasteiger partial charge in [-0.3, -0.25) is 0 Å². The molecule has 0 atom stereocenters. The van der Waals surface area contributed by atoms with Crippen molar-refractivity contribution in [1.29, 1.82) is 0 Å². The van der Waals surface area contributed by atoms with Crippen LogP contribution in [0.25, 0.3) is 0 Å². The molecule has 80 valence electrons. The van der Waals surface area contributed by atoms with Gasteiger partial charge in [-0.25, -0.2) is 0 Å². The van der Waals surface area contributed by atoms with Crippen molar-refractivity contribution in [2.24, 2.45) is 0 Å². The van der Waals surface area contributed by atoms with Gasteiger partial charge < -0.3 is 0 Å². The minimum Gasteiger partial charge on any atom is -0.199 e. The molecule has 0 aliphatic heterocycles. The third kappa shape index (κ3) is 6.71. The molecular weight excluding hydrogens is 227 g/mol. The van der Waals surface area contributed by atoms with E-state index >= 15 is 0 Å². The van der Waals surface area contributed by atoms with Crippen molar-refractivity contribution in [3.8, 4) is 0 Å². The maximum Gasteiger partial charge on any atom is 2.00 e. The summed E-state index contributed by atoms with van der Waals surface area (Å²) in [5.74, 6) is 0. The molecule has 2 aromatic rings. The van der Waals surface area contributed by atoms with E-state index in [-0.39, 0.29) is 16.5 Å². The fraction of sp³-hybridized carbons (Fsp3) is 0. The largest absolute Gasteiger partial charge is 2.00 e. The number of benzene rings is 2. The van der Waals surface area contributed by atoms with E-state index in [1.807, 2.05) is 60.7 Å². The molecular formula is C14H14Ni. The van der Waals surface area contributed by atoms with Crippen LogP contribution in [0.15, 0.2) is 60.7 Å². The fourth-order valence-electron chi connectivity index (χ4n) is 0.956. The van der Waals surface area contributed by atoms with Gasteiger partial charge in [-0.15, -0.1) is 24.3 Å². The molecule has 0 nitrogen and oxygen atoms in total. The molecule has 2 rings (SSSR count). The molecule has 0 amide bonds. The normalized spacial score (nSPS) is 8.00. The van der Waals surface area contributed by atoms with Crippen molar-refractivity contribution in [2.45, 2.75) is 0 Å². The Morgan fingerprint density at radius 1 is 0.533 bits per heavy atom. The topological polar surface area (TPSA) is 0 Å². The maximum atomic E-state index is 3.72. The van der Waals surface area contributed by atoms with E-state index in [0.29, 0.717) is 0 Å². The summed E-state index contributed by atoms with van der Waals surface area (Å²) in [6.45, 7) is 7.44. The molecule has 0 radical (unpaired) electrons. The summed E-state index contributed by atoms with van der Waals surface area (Å²) in [4.78, 5) is 0. The molecule has 0 aliphatic carbocycles. The molecule has 0 saturated heterocycles. The summed E-state index contributed by atoms with van der Waals surface area (Å²) < 4.78 is 0. The van der Waals surface area contributed by atoms with Crippen molar-refractivity contribution in [3.63, 3.8) is 0 Å². The standard InChI is InChI=1S/2C7H7.Ni/c2*1-7-5-3-2-4-6-7;/h2*2-6H,1H2;/q2*-1;+2. The van der Waals surface area contributed by atoms with E-state index in [1.165, 1.54) is 0 Å². The third-order valence-corrected chi connectivity index (χ3v) is 1.69. The summed E-state index contributed by atoms with van der Waals surface area (Å²) in [6.07, 6.45) is 0. The Hall–Kier alpha value is -1.33. The minimum absolute atomic E-state index is 0. The molecule has 0 heterocycles. The molecule has 2 aromatic carbocycles. The second kappa shape index (κ2) is 8.02. The molecule has 0 aromatic heterocycles. The Bertz CT molecular complexity index is 303. The first-order chi connectivity index (χ1) is 6.79. The van der Waals surface area contributed by atoms with Gasteiger partial charge >= 0.3 is 16.5 Å². The van der Waals surface area contributed by atoms with E-state index in [2.05, 4.69) is 13.8 Å². The molecule has 15 heavy (non-hydrogen) atoms. The van der Waals surface area contributed by atoms with Crippen molar-refractivity contribution in [3.05, 3.63) is 85.6 Å². The van der Waals surface area contributed by atoms with Crippen molar-refractivity contribution in [2.75, 3.05) is 0 Å². The van der Waals surface area contributed by atoms with E-state index in [4.69, 9.17) is 0 Å². The van der Waals surface area contributed by atoms with Gasteiger partial charge in [-0.1, -0.05) is 12.1 Å². The molecule has 0 spiro atoms. The van der Waals surface area contributed by atoms with Crippen LogP contribution in [0.1, 0.15) is 11.1 Å². The molecule has 1 heteroatoms. The first kappa shape index (κ1) is 13.7. The monoisotopic (exact) mass is 240 g/mol. The Kier molecular flexibility index (Phi) is 7.31. The number of hydrogen-bond acceptors (Lipinski definition) is 0. The average molecular weight is 241 g/mol. The Labute approximate surface area is 102 Å². The van der Waals surface area contributed by atoms with Crippen molar-refractivity contribution in [1.82, 2.24) is 0 Å². The summed E-state index contributed by atoms with van der Waals surface area (Å²) in [5.41, 5.74) is 2.14. The average Bonchev–Trinajstić information content (AvgIpc) is 2.21.